The number of anilines is 1. The fraction of sp³-hybridized carbons (Fsp3) is 0.400. The molecule has 1 aliphatic heterocycles. The summed E-state index contributed by atoms with van der Waals surface area (Å²) in [6.07, 6.45) is 0.228. The Kier molecular flexibility index (Phi) is 4.23. The maximum Gasteiger partial charge on any atom is 0.243 e. The molecule has 2 rings (SSSR count). The summed E-state index contributed by atoms with van der Waals surface area (Å²) in [5, 5.41) is -0.216. The zero-order valence-corrected chi connectivity index (χ0v) is 13.3. The molecule has 0 saturated carbocycles. The second kappa shape index (κ2) is 5.34. The lowest BCUT2D eigenvalue weighted by molar-refractivity contribution is 0.562. The molecule has 0 radical (unpaired) electrons. The molecular formula is C10H12Cl2N2O4S2. The van der Waals surface area contributed by atoms with Gasteiger partial charge in [0.2, 0.25) is 10.0 Å². The van der Waals surface area contributed by atoms with Crippen LogP contribution in [-0.4, -0.2) is 34.4 Å². The topological polar surface area (TPSA) is 106 Å². The molecular weight excluding hydrogens is 347 g/mol. The van der Waals surface area contributed by atoms with Crippen LogP contribution in [-0.2, 0) is 19.9 Å². The number of sulfonamides is 1. The maximum atomic E-state index is 12.2. The monoisotopic (exact) mass is 358 g/mol. The SMILES string of the molecule is Nc1cc(Cl)c(S(=O)(=O)NC2CCS(=O)(=O)C2)c(Cl)c1. The summed E-state index contributed by atoms with van der Waals surface area (Å²) >= 11 is 11.7. The van der Waals surface area contributed by atoms with Crippen LogP contribution < -0.4 is 10.5 Å². The van der Waals surface area contributed by atoms with E-state index in [1.165, 1.54) is 12.1 Å². The molecule has 1 saturated heterocycles. The van der Waals surface area contributed by atoms with Crippen LogP contribution in [0.4, 0.5) is 5.69 Å². The number of sulfone groups is 1. The summed E-state index contributed by atoms with van der Waals surface area (Å²) in [5.74, 6) is -0.264. The molecule has 3 N–H and O–H groups in total. The number of hydrogen-bond donors (Lipinski definition) is 2. The Morgan fingerprint density at radius 3 is 2.25 bits per heavy atom. The highest BCUT2D eigenvalue weighted by Gasteiger charge is 2.33. The molecule has 0 aromatic heterocycles. The van der Waals surface area contributed by atoms with Gasteiger partial charge in [0.1, 0.15) is 4.90 Å². The van der Waals surface area contributed by atoms with Gasteiger partial charge in [0.15, 0.2) is 9.84 Å². The first-order valence-electron chi connectivity index (χ1n) is 5.58. The van der Waals surface area contributed by atoms with Crippen molar-refractivity contribution < 1.29 is 16.8 Å². The third-order valence-electron chi connectivity index (χ3n) is 2.84. The lowest BCUT2D eigenvalue weighted by Crippen LogP contribution is -2.35. The van der Waals surface area contributed by atoms with Crippen LogP contribution in [0, 0.1) is 0 Å². The first-order valence-corrected chi connectivity index (χ1v) is 9.64. The Bertz CT molecular complexity index is 724. The quantitative estimate of drug-likeness (QED) is 0.785. The van der Waals surface area contributed by atoms with E-state index in [0.717, 1.165) is 0 Å². The normalized spacial score (nSPS) is 22.0. The molecule has 6 nitrogen and oxygen atoms in total. The van der Waals surface area contributed by atoms with E-state index in [1.807, 2.05) is 0 Å². The lowest BCUT2D eigenvalue weighted by atomic mass is 10.3. The van der Waals surface area contributed by atoms with E-state index >= 15 is 0 Å². The predicted octanol–water partition coefficient (Wildman–Crippen LogP) is 1.04. The van der Waals surface area contributed by atoms with Gasteiger partial charge in [-0.3, -0.25) is 0 Å². The van der Waals surface area contributed by atoms with E-state index in [-0.39, 0.29) is 38.6 Å². The number of nitrogens with two attached hydrogens (primary N) is 1. The van der Waals surface area contributed by atoms with Crippen LogP contribution in [0.1, 0.15) is 6.42 Å². The zero-order valence-electron chi connectivity index (χ0n) is 10.1. The van der Waals surface area contributed by atoms with Crippen LogP contribution in [0.3, 0.4) is 0 Å². The summed E-state index contributed by atoms with van der Waals surface area (Å²) in [5.41, 5.74) is 5.75. The fourth-order valence-electron chi connectivity index (χ4n) is 2.00. The molecule has 0 aliphatic carbocycles. The Hall–Kier alpha value is -0.540. The van der Waals surface area contributed by atoms with Crippen molar-refractivity contribution in [1.82, 2.24) is 4.72 Å². The summed E-state index contributed by atoms with van der Waals surface area (Å²) in [6, 6.07) is 1.87. The summed E-state index contributed by atoms with van der Waals surface area (Å²) in [4.78, 5) is -0.292. The molecule has 0 bridgehead atoms. The molecule has 1 atom stereocenters. The van der Waals surface area contributed by atoms with Gasteiger partial charge in [-0.1, -0.05) is 23.2 Å². The summed E-state index contributed by atoms with van der Waals surface area (Å²) in [7, 11) is -7.20. The standard InChI is InChI=1S/C10H12Cl2N2O4S2/c11-8-3-6(13)4-9(12)10(8)20(17,18)14-7-1-2-19(15,16)5-7/h3-4,7,14H,1-2,5,13H2. The average Bonchev–Trinajstić information content (AvgIpc) is 2.54. The average molecular weight is 359 g/mol. The molecule has 10 heteroatoms. The summed E-state index contributed by atoms with van der Waals surface area (Å²) in [6.45, 7) is 0. The van der Waals surface area contributed by atoms with Crippen molar-refractivity contribution in [2.45, 2.75) is 17.4 Å². The molecule has 1 aromatic rings. The fourth-order valence-corrected chi connectivity index (χ4v) is 6.28. The van der Waals surface area contributed by atoms with Gasteiger partial charge in [-0.05, 0) is 18.6 Å². The van der Waals surface area contributed by atoms with Crippen LogP contribution in [0.25, 0.3) is 0 Å². The number of hydrogen-bond acceptors (Lipinski definition) is 5. The minimum atomic E-state index is -4.01. The Balaban J connectivity index is 2.33. The van der Waals surface area contributed by atoms with Gasteiger partial charge < -0.3 is 5.73 Å². The van der Waals surface area contributed by atoms with Crippen molar-refractivity contribution in [2.24, 2.45) is 0 Å². The van der Waals surface area contributed by atoms with Crippen molar-refractivity contribution in [3.63, 3.8) is 0 Å². The highest BCUT2D eigenvalue weighted by atomic mass is 35.5. The van der Waals surface area contributed by atoms with E-state index in [9.17, 15) is 16.8 Å². The van der Waals surface area contributed by atoms with Gasteiger partial charge in [-0.15, -0.1) is 0 Å². The molecule has 1 aromatic carbocycles. The number of nitrogen functional groups attached to an aromatic ring is 1. The highest BCUT2D eigenvalue weighted by molar-refractivity contribution is 7.92. The van der Waals surface area contributed by atoms with Crippen molar-refractivity contribution in [2.75, 3.05) is 17.2 Å². The van der Waals surface area contributed by atoms with E-state index in [2.05, 4.69) is 4.72 Å². The van der Waals surface area contributed by atoms with Gasteiger partial charge in [0.25, 0.3) is 0 Å². The Morgan fingerprint density at radius 1 is 1.25 bits per heavy atom. The number of benzene rings is 1. The number of rotatable bonds is 3. The Labute approximate surface area is 127 Å². The molecule has 20 heavy (non-hydrogen) atoms. The lowest BCUT2D eigenvalue weighted by Gasteiger charge is -2.14. The predicted molar refractivity (Wildman–Crippen MR) is 78.3 cm³/mol. The van der Waals surface area contributed by atoms with Gasteiger partial charge in [-0.2, -0.15) is 0 Å². The number of nitrogens with one attached hydrogen (secondary N) is 1. The van der Waals surface area contributed by atoms with Gasteiger partial charge in [-0.25, -0.2) is 21.6 Å². The van der Waals surface area contributed by atoms with E-state index in [4.69, 9.17) is 28.9 Å². The Morgan fingerprint density at radius 2 is 1.80 bits per heavy atom. The van der Waals surface area contributed by atoms with Crippen LogP contribution >= 0.6 is 23.2 Å². The third-order valence-corrected chi connectivity index (χ3v) is 7.05. The molecule has 1 fully saturated rings. The molecule has 1 heterocycles. The smallest absolute Gasteiger partial charge is 0.243 e. The van der Waals surface area contributed by atoms with E-state index in [1.54, 1.807) is 0 Å². The van der Waals surface area contributed by atoms with Crippen molar-refractivity contribution >= 4 is 48.7 Å². The minimum Gasteiger partial charge on any atom is -0.399 e. The number of halogens is 2. The molecule has 1 unspecified atom stereocenters. The molecule has 0 spiro atoms. The maximum absolute atomic E-state index is 12.2. The van der Waals surface area contributed by atoms with Gasteiger partial charge in [0.05, 0.1) is 21.6 Å². The van der Waals surface area contributed by atoms with Crippen LogP contribution in [0.15, 0.2) is 17.0 Å². The third kappa shape index (κ3) is 3.37. The first-order chi connectivity index (χ1) is 9.11. The van der Waals surface area contributed by atoms with E-state index in [0.29, 0.717) is 0 Å². The van der Waals surface area contributed by atoms with Gasteiger partial charge in [0, 0.05) is 11.7 Å². The second-order valence-corrected chi connectivity index (χ2v) is 9.23. The van der Waals surface area contributed by atoms with Crippen molar-refractivity contribution in [3.05, 3.63) is 22.2 Å². The van der Waals surface area contributed by atoms with Gasteiger partial charge >= 0.3 is 0 Å². The summed E-state index contributed by atoms with van der Waals surface area (Å²) < 4.78 is 49.5. The van der Waals surface area contributed by atoms with Crippen LogP contribution in [0.2, 0.25) is 10.0 Å². The largest absolute Gasteiger partial charge is 0.399 e. The minimum absolute atomic E-state index is 0.0383. The first kappa shape index (κ1) is 15.8. The van der Waals surface area contributed by atoms with Crippen molar-refractivity contribution in [1.29, 1.82) is 0 Å². The zero-order chi connectivity index (χ0) is 15.1. The second-order valence-electron chi connectivity index (χ2n) is 4.53. The van der Waals surface area contributed by atoms with Crippen LogP contribution in [0.5, 0.6) is 0 Å². The molecule has 0 amide bonds. The molecule has 1 aliphatic rings. The van der Waals surface area contributed by atoms with Crippen molar-refractivity contribution in [3.8, 4) is 0 Å². The highest BCUT2D eigenvalue weighted by Crippen LogP contribution is 2.32. The molecule has 112 valence electrons. The van der Waals surface area contributed by atoms with E-state index < -0.39 is 25.9 Å².